The number of aliphatic hydroxyl groups is 1. The summed E-state index contributed by atoms with van der Waals surface area (Å²) in [4.78, 5) is 14.6. The Morgan fingerprint density at radius 1 is 1.60 bits per heavy atom. The predicted molar refractivity (Wildman–Crippen MR) is 58.2 cm³/mol. The van der Waals surface area contributed by atoms with Crippen LogP contribution in [0.4, 0.5) is 0 Å². The quantitative estimate of drug-likeness (QED) is 0.746. The van der Waals surface area contributed by atoms with E-state index in [0.29, 0.717) is 0 Å². The number of hydrogen-bond donors (Lipinski definition) is 2. The fourth-order valence-electron chi connectivity index (χ4n) is 0.873. The first-order valence-electron chi connectivity index (χ1n) is 4.56. The molecule has 1 atom stereocenters. The maximum absolute atomic E-state index is 10.5. The average molecular weight is 227 g/mol. The molecular weight excluding hydrogens is 214 g/mol. The van der Waals surface area contributed by atoms with Crippen molar-refractivity contribution in [2.75, 3.05) is 12.4 Å². The highest BCUT2D eigenvalue weighted by molar-refractivity contribution is 7.99. The molecule has 1 rings (SSSR count). The SMILES string of the molecule is CC(CO)CSc1ccc(C(=O)O)cn1. The van der Waals surface area contributed by atoms with Crippen LogP contribution < -0.4 is 0 Å². The van der Waals surface area contributed by atoms with Gasteiger partial charge in [-0.1, -0.05) is 6.92 Å². The molecule has 0 aliphatic rings. The number of carboxylic acids is 1. The van der Waals surface area contributed by atoms with Crippen LogP contribution in [0, 0.1) is 5.92 Å². The highest BCUT2D eigenvalue weighted by atomic mass is 32.2. The van der Waals surface area contributed by atoms with E-state index in [-0.39, 0.29) is 18.1 Å². The molecule has 1 unspecified atom stereocenters. The third-order valence-electron chi connectivity index (χ3n) is 1.81. The molecular formula is C10H13NO3S. The van der Waals surface area contributed by atoms with Gasteiger partial charge >= 0.3 is 5.97 Å². The number of pyridine rings is 1. The van der Waals surface area contributed by atoms with Gasteiger partial charge < -0.3 is 10.2 Å². The number of thioether (sulfide) groups is 1. The van der Waals surface area contributed by atoms with Gasteiger partial charge in [0.1, 0.15) is 0 Å². The van der Waals surface area contributed by atoms with E-state index in [0.717, 1.165) is 10.8 Å². The minimum Gasteiger partial charge on any atom is -0.478 e. The van der Waals surface area contributed by atoms with E-state index < -0.39 is 5.97 Å². The van der Waals surface area contributed by atoms with Gasteiger partial charge in [-0.3, -0.25) is 0 Å². The van der Waals surface area contributed by atoms with Crippen molar-refractivity contribution in [3.63, 3.8) is 0 Å². The number of carbonyl (C=O) groups is 1. The molecule has 0 fully saturated rings. The lowest BCUT2D eigenvalue weighted by molar-refractivity contribution is 0.0696. The van der Waals surface area contributed by atoms with Gasteiger partial charge in [0.15, 0.2) is 0 Å². The van der Waals surface area contributed by atoms with Crippen LogP contribution in [0.2, 0.25) is 0 Å². The van der Waals surface area contributed by atoms with Crippen LogP contribution >= 0.6 is 11.8 Å². The topological polar surface area (TPSA) is 70.4 Å². The summed E-state index contributed by atoms with van der Waals surface area (Å²) < 4.78 is 0. The largest absolute Gasteiger partial charge is 0.478 e. The monoisotopic (exact) mass is 227 g/mol. The van der Waals surface area contributed by atoms with Crippen LogP contribution in [0.5, 0.6) is 0 Å². The molecule has 4 nitrogen and oxygen atoms in total. The average Bonchev–Trinajstić information content (AvgIpc) is 2.26. The molecule has 0 radical (unpaired) electrons. The molecule has 1 aromatic heterocycles. The van der Waals surface area contributed by atoms with Crippen molar-refractivity contribution in [2.45, 2.75) is 11.9 Å². The number of hydrogen-bond acceptors (Lipinski definition) is 4. The van der Waals surface area contributed by atoms with Crippen LogP contribution in [0.15, 0.2) is 23.4 Å². The molecule has 5 heteroatoms. The number of aromatic carboxylic acids is 1. The zero-order valence-corrected chi connectivity index (χ0v) is 9.20. The first-order chi connectivity index (χ1) is 7.13. The predicted octanol–water partition coefficient (Wildman–Crippen LogP) is 1.50. The number of aliphatic hydroxyl groups excluding tert-OH is 1. The fraction of sp³-hybridized carbons (Fsp3) is 0.400. The van der Waals surface area contributed by atoms with Gasteiger partial charge in [0, 0.05) is 18.6 Å². The normalized spacial score (nSPS) is 12.4. The van der Waals surface area contributed by atoms with Crippen molar-refractivity contribution in [3.05, 3.63) is 23.9 Å². The van der Waals surface area contributed by atoms with Gasteiger partial charge in [0.25, 0.3) is 0 Å². The number of aromatic nitrogens is 1. The molecule has 1 heterocycles. The second kappa shape index (κ2) is 5.72. The van der Waals surface area contributed by atoms with E-state index in [2.05, 4.69) is 4.98 Å². The van der Waals surface area contributed by atoms with Crippen LogP contribution in [0.1, 0.15) is 17.3 Å². The highest BCUT2D eigenvalue weighted by Crippen LogP contribution is 2.18. The van der Waals surface area contributed by atoms with Crippen molar-refractivity contribution >= 4 is 17.7 Å². The summed E-state index contributed by atoms with van der Waals surface area (Å²) in [6.07, 6.45) is 1.34. The smallest absolute Gasteiger partial charge is 0.337 e. The molecule has 0 amide bonds. The summed E-state index contributed by atoms with van der Waals surface area (Å²) >= 11 is 1.51. The minimum atomic E-state index is -0.970. The summed E-state index contributed by atoms with van der Waals surface area (Å²) in [5.74, 6) is 0.0225. The molecule has 82 valence electrons. The van der Waals surface area contributed by atoms with Crippen molar-refractivity contribution < 1.29 is 15.0 Å². The third kappa shape index (κ3) is 3.89. The molecule has 0 saturated carbocycles. The fourth-order valence-corrected chi connectivity index (χ4v) is 1.72. The first-order valence-corrected chi connectivity index (χ1v) is 5.55. The number of nitrogens with zero attached hydrogens (tertiary/aromatic N) is 1. The Labute approximate surface area is 92.3 Å². The van der Waals surface area contributed by atoms with Crippen molar-refractivity contribution in [1.82, 2.24) is 4.98 Å². The Kier molecular flexibility index (Phi) is 4.58. The first kappa shape index (κ1) is 12.0. The van der Waals surface area contributed by atoms with Gasteiger partial charge in [-0.25, -0.2) is 9.78 Å². The summed E-state index contributed by atoms with van der Waals surface area (Å²) in [7, 11) is 0. The van der Waals surface area contributed by atoms with Crippen molar-refractivity contribution in [1.29, 1.82) is 0 Å². The van der Waals surface area contributed by atoms with Gasteiger partial charge in [-0.2, -0.15) is 0 Å². The Balaban J connectivity index is 2.53. The molecule has 15 heavy (non-hydrogen) atoms. The molecule has 0 saturated heterocycles. The van der Waals surface area contributed by atoms with E-state index in [1.165, 1.54) is 24.0 Å². The van der Waals surface area contributed by atoms with Gasteiger partial charge in [0.05, 0.1) is 10.6 Å². The zero-order chi connectivity index (χ0) is 11.3. The van der Waals surface area contributed by atoms with Crippen molar-refractivity contribution in [2.24, 2.45) is 5.92 Å². The second-order valence-electron chi connectivity index (χ2n) is 3.29. The van der Waals surface area contributed by atoms with E-state index in [1.54, 1.807) is 6.07 Å². The number of carboxylic acid groups (broad SMARTS) is 1. The molecule has 0 aromatic carbocycles. The zero-order valence-electron chi connectivity index (χ0n) is 8.38. The van der Waals surface area contributed by atoms with Crippen LogP contribution in [-0.4, -0.2) is 33.5 Å². The molecule has 0 aliphatic carbocycles. The maximum atomic E-state index is 10.5. The maximum Gasteiger partial charge on any atom is 0.337 e. The molecule has 0 spiro atoms. The Morgan fingerprint density at radius 3 is 2.80 bits per heavy atom. The molecule has 0 bridgehead atoms. The summed E-state index contributed by atoms with van der Waals surface area (Å²) in [5, 5.41) is 18.2. The van der Waals surface area contributed by atoms with E-state index in [9.17, 15) is 4.79 Å². The molecule has 0 aliphatic heterocycles. The van der Waals surface area contributed by atoms with E-state index in [4.69, 9.17) is 10.2 Å². The highest BCUT2D eigenvalue weighted by Gasteiger charge is 2.05. The lowest BCUT2D eigenvalue weighted by Crippen LogP contribution is -2.03. The Bertz CT molecular complexity index is 326. The lowest BCUT2D eigenvalue weighted by Gasteiger charge is -2.06. The third-order valence-corrected chi connectivity index (χ3v) is 3.08. The number of rotatable bonds is 5. The minimum absolute atomic E-state index is 0.153. The van der Waals surface area contributed by atoms with E-state index in [1.807, 2.05) is 6.92 Å². The summed E-state index contributed by atoms with van der Waals surface area (Å²) in [6.45, 7) is 2.10. The Morgan fingerprint density at radius 2 is 2.33 bits per heavy atom. The second-order valence-corrected chi connectivity index (χ2v) is 4.33. The van der Waals surface area contributed by atoms with Crippen molar-refractivity contribution in [3.8, 4) is 0 Å². The van der Waals surface area contributed by atoms with Crippen LogP contribution in [0.3, 0.4) is 0 Å². The van der Waals surface area contributed by atoms with Crippen LogP contribution in [-0.2, 0) is 0 Å². The van der Waals surface area contributed by atoms with Gasteiger partial charge in [-0.15, -0.1) is 11.8 Å². The standard InChI is InChI=1S/C10H13NO3S/c1-7(5-12)6-15-9-3-2-8(4-11-9)10(13)14/h2-4,7,12H,5-6H2,1H3,(H,13,14). The van der Waals surface area contributed by atoms with Crippen LogP contribution in [0.25, 0.3) is 0 Å². The molecule has 1 aromatic rings. The summed E-state index contributed by atoms with van der Waals surface area (Å²) in [6, 6.07) is 3.21. The molecule has 2 N–H and O–H groups in total. The summed E-state index contributed by atoms with van der Waals surface area (Å²) in [5.41, 5.74) is 0.189. The lowest BCUT2D eigenvalue weighted by atomic mass is 10.2. The van der Waals surface area contributed by atoms with Gasteiger partial charge in [-0.05, 0) is 18.1 Å². The Hall–Kier alpha value is -1.07. The van der Waals surface area contributed by atoms with Gasteiger partial charge in [0.2, 0.25) is 0 Å². The van der Waals surface area contributed by atoms with E-state index >= 15 is 0 Å².